The number of aryl methyl sites for hydroxylation is 1. The van der Waals surface area contributed by atoms with Crippen molar-refractivity contribution < 1.29 is 9.53 Å². The van der Waals surface area contributed by atoms with Gasteiger partial charge in [-0.25, -0.2) is 9.78 Å². The van der Waals surface area contributed by atoms with Gasteiger partial charge in [0.2, 0.25) is 0 Å². The van der Waals surface area contributed by atoms with E-state index >= 15 is 0 Å². The van der Waals surface area contributed by atoms with Crippen molar-refractivity contribution in [3.63, 3.8) is 0 Å². The molecule has 0 spiro atoms. The lowest BCUT2D eigenvalue weighted by Crippen LogP contribution is -2.17. The molecule has 0 saturated carbocycles. The van der Waals surface area contributed by atoms with E-state index in [1.807, 2.05) is 42.9 Å². The van der Waals surface area contributed by atoms with Crippen LogP contribution >= 0.6 is 0 Å². The van der Waals surface area contributed by atoms with E-state index in [1.54, 1.807) is 18.3 Å². The third-order valence-corrected chi connectivity index (χ3v) is 3.20. The standard InChI is InChI=1S/C15H20N4O2/c1-18(2)13-5-4-11(16)10-12(13)15(20)21-9-6-14-17-7-8-19(14)3/h4-5,7-8,10H,6,9,16H2,1-3H3. The Balaban J connectivity index is 2.03. The van der Waals surface area contributed by atoms with Crippen molar-refractivity contribution in [2.75, 3.05) is 31.3 Å². The van der Waals surface area contributed by atoms with Gasteiger partial charge in [-0.2, -0.15) is 0 Å². The molecule has 1 aromatic carbocycles. The smallest absolute Gasteiger partial charge is 0.340 e. The Morgan fingerprint density at radius 2 is 2.19 bits per heavy atom. The van der Waals surface area contributed by atoms with Gasteiger partial charge in [-0.1, -0.05) is 0 Å². The Bertz CT molecular complexity index is 634. The SMILES string of the molecule is CN(C)c1ccc(N)cc1C(=O)OCCc1nccn1C. The van der Waals surface area contributed by atoms with Gasteiger partial charge in [-0.15, -0.1) is 0 Å². The van der Waals surface area contributed by atoms with Gasteiger partial charge in [-0.3, -0.25) is 0 Å². The van der Waals surface area contributed by atoms with Crippen molar-refractivity contribution in [2.45, 2.75) is 6.42 Å². The Hall–Kier alpha value is -2.50. The van der Waals surface area contributed by atoms with E-state index in [2.05, 4.69) is 4.98 Å². The molecule has 2 rings (SSSR count). The second-order valence-electron chi connectivity index (χ2n) is 5.01. The van der Waals surface area contributed by atoms with Gasteiger partial charge in [0.25, 0.3) is 0 Å². The Kier molecular flexibility index (Phi) is 4.47. The lowest BCUT2D eigenvalue weighted by Gasteiger charge is -2.17. The number of nitrogen functional groups attached to an aromatic ring is 1. The summed E-state index contributed by atoms with van der Waals surface area (Å²) in [6.45, 7) is 0.283. The van der Waals surface area contributed by atoms with Crippen LogP contribution in [0.5, 0.6) is 0 Å². The van der Waals surface area contributed by atoms with Crippen LogP contribution in [0.4, 0.5) is 11.4 Å². The van der Waals surface area contributed by atoms with Gasteiger partial charge < -0.3 is 19.9 Å². The van der Waals surface area contributed by atoms with Crippen LogP contribution in [0.25, 0.3) is 0 Å². The summed E-state index contributed by atoms with van der Waals surface area (Å²) in [6.07, 6.45) is 4.16. The average molecular weight is 288 g/mol. The fourth-order valence-electron chi connectivity index (χ4n) is 2.06. The molecule has 21 heavy (non-hydrogen) atoms. The van der Waals surface area contributed by atoms with E-state index < -0.39 is 0 Å². The highest BCUT2D eigenvalue weighted by Gasteiger charge is 2.15. The Morgan fingerprint density at radius 1 is 1.43 bits per heavy atom. The zero-order valence-electron chi connectivity index (χ0n) is 12.5. The second kappa shape index (κ2) is 6.30. The fraction of sp³-hybridized carbons (Fsp3) is 0.333. The average Bonchev–Trinajstić information content (AvgIpc) is 2.84. The monoisotopic (exact) mass is 288 g/mol. The van der Waals surface area contributed by atoms with Crippen LogP contribution in [0.3, 0.4) is 0 Å². The van der Waals surface area contributed by atoms with Gasteiger partial charge >= 0.3 is 5.97 Å². The molecule has 0 atom stereocenters. The number of anilines is 2. The molecule has 0 unspecified atom stereocenters. The molecule has 2 N–H and O–H groups in total. The van der Waals surface area contributed by atoms with E-state index in [4.69, 9.17) is 10.5 Å². The summed E-state index contributed by atoms with van der Waals surface area (Å²) in [5, 5.41) is 0. The number of carbonyl (C=O) groups excluding carboxylic acids is 1. The number of benzene rings is 1. The van der Waals surface area contributed by atoms with E-state index in [1.165, 1.54) is 0 Å². The number of hydrogen-bond donors (Lipinski definition) is 1. The van der Waals surface area contributed by atoms with E-state index in [0.717, 1.165) is 11.5 Å². The summed E-state index contributed by atoms with van der Waals surface area (Å²) in [6, 6.07) is 5.21. The maximum Gasteiger partial charge on any atom is 0.340 e. The van der Waals surface area contributed by atoms with Gasteiger partial charge in [-0.05, 0) is 18.2 Å². The first-order valence-electron chi connectivity index (χ1n) is 6.69. The third-order valence-electron chi connectivity index (χ3n) is 3.20. The fourth-order valence-corrected chi connectivity index (χ4v) is 2.06. The molecule has 1 heterocycles. The van der Waals surface area contributed by atoms with Crippen molar-refractivity contribution in [2.24, 2.45) is 7.05 Å². The Labute approximate surface area is 124 Å². The molecular formula is C15H20N4O2. The molecule has 0 saturated heterocycles. The van der Waals surface area contributed by atoms with E-state index in [-0.39, 0.29) is 12.6 Å². The van der Waals surface area contributed by atoms with Gasteiger partial charge in [0.1, 0.15) is 5.82 Å². The number of carbonyl (C=O) groups is 1. The van der Waals surface area contributed by atoms with Crippen molar-refractivity contribution in [3.8, 4) is 0 Å². The highest BCUT2D eigenvalue weighted by molar-refractivity contribution is 5.96. The van der Waals surface area contributed by atoms with Crippen LogP contribution in [-0.4, -0.2) is 36.2 Å². The quantitative estimate of drug-likeness (QED) is 0.666. The topological polar surface area (TPSA) is 73.4 Å². The van der Waals surface area contributed by atoms with Crippen molar-refractivity contribution in [1.82, 2.24) is 9.55 Å². The number of nitrogens with zero attached hydrogens (tertiary/aromatic N) is 3. The maximum atomic E-state index is 12.2. The molecule has 6 nitrogen and oxygen atoms in total. The molecule has 0 bridgehead atoms. The molecule has 6 heteroatoms. The van der Waals surface area contributed by atoms with Gasteiger partial charge in [0.05, 0.1) is 17.9 Å². The second-order valence-corrected chi connectivity index (χ2v) is 5.01. The van der Waals surface area contributed by atoms with Crippen molar-refractivity contribution in [3.05, 3.63) is 42.0 Å². The summed E-state index contributed by atoms with van der Waals surface area (Å²) in [4.78, 5) is 18.2. The highest BCUT2D eigenvalue weighted by Crippen LogP contribution is 2.22. The zero-order chi connectivity index (χ0) is 15.4. The minimum absolute atomic E-state index is 0.283. The molecule has 2 aromatic rings. The molecule has 0 amide bonds. The highest BCUT2D eigenvalue weighted by atomic mass is 16.5. The lowest BCUT2D eigenvalue weighted by molar-refractivity contribution is 0.0507. The first kappa shape index (κ1) is 14.9. The number of imidazole rings is 1. The molecule has 112 valence electrons. The minimum Gasteiger partial charge on any atom is -0.462 e. The molecule has 0 aliphatic carbocycles. The number of ether oxygens (including phenoxy) is 1. The maximum absolute atomic E-state index is 12.2. The number of hydrogen-bond acceptors (Lipinski definition) is 5. The number of aromatic nitrogens is 2. The normalized spacial score (nSPS) is 10.4. The zero-order valence-corrected chi connectivity index (χ0v) is 12.5. The van der Waals surface area contributed by atoms with Crippen LogP contribution in [0.15, 0.2) is 30.6 Å². The number of rotatable bonds is 5. The van der Waals surface area contributed by atoms with Crippen LogP contribution in [0.2, 0.25) is 0 Å². The van der Waals surface area contributed by atoms with E-state index in [9.17, 15) is 4.79 Å². The first-order valence-corrected chi connectivity index (χ1v) is 6.69. The molecular weight excluding hydrogens is 268 g/mol. The van der Waals surface area contributed by atoms with Crippen LogP contribution in [-0.2, 0) is 18.2 Å². The van der Waals surface area contributed by atoms with Crippen molar-refractivity contribution in [1.29, 1.82) is 0 Å². The summed E-state index contributed by atoms with van der Waals surface area (Å²) < 4.78 is 7.23. The van der Waals surface area contributed by atoms with Gasteiger partial charge in [0.15, 0.2) is 0 Å². The minimum atomic E-state index is -0.375. The summed E-state index contributed by atoms with van der Waals surface area (Å²) >= 11 is 0. The first-order chi connectivity index (χ1) is 9.99. The molecule has 0 radical (unpaired) electrons. The number of esters is 1. The van der Waals surface area contributed by atoms with Crippen LogP contribution in [0.1, 0.15) is 16.2 Å². The third kappa shape index (κ3) is 3.53. The molecule has 1 aromatic heterocycles. The van der Waals surface area contributed by atoms with Gasteiger partial charge in [0, 0.05) is 45.6 Å². The van der Waals surface area contributed by atoms with Crippen LogP contribution in [0, 0.1) is 0 Å². The summed E-state index contributed by atoms with van der Waals surface area (Å²) in [5.74, 6) is 0.503. The van der Waals surface area contributed by atoms with E-state index in [0.29, 0.717) is 17.7 Å². The number of nitrogens with two attached hydrogens (primary N) is 1. The molecule has 0 aliphatic heterocycles. The molecule has 0 aliphatic rings. The summed E-state index contributed by atoms with van der Waals surface area (Å²) in [5.41, 5.74) is 7.55. The van der Waals surface area contributed by atoms with Crippen LogP contribution < -0.4 is 10.6 Å². The predicted octanol–water partition coefficient (Wildman–Crippen LogP) is 1.47. The summed E-state index contributed by atoms with van der Waals surface area (Å²) in [7, 11) is 5.65. The largest absolute Gasteiger partial charge is 0.462 e. The molecule has 0 fully saturated rings. The van der Waals surface area contributed by atoms with Crippen molar-refractivity contribution >= 4 is 17.3 Å². The predicted molar refractivity (Wildman–Crippen MR) is 82.4 cm³/mol. The Morgan fingerprint density at radius 3 is 2.81 bits per heavy atom. The lowest BCUT2D eigenvalue weighted by atomic mass is 10.1.